The highest BCUT2D eigenvalue weighted by Crippen LogP contribution is 2.30. The molecular weight excluding hydrogens is 1540 g/mol. The fourth-order valence-corrected chi connectivity index (χ4v) is 9.49. The maximum absolute atomic E-state index is 13.3. The van der Waals surface area contributed by atoms with Gasteiger partial charge in [0.1, 0.15) is 0 Å². The molecule has 0 unspecified atom stereocenters. The highest BCUT2D eigenvalue weighted by atomic mass is 19.2. The number of hydrogen-bond acceptors (Lipinski definition) is 8. The van der Waals surface area contributed by atoms with Gasteiger partial charge in [-0.15, -0.1) is 0 Å². The van der Waals surface area contributed by atoms with Gasteiger partial charge in [0.15, 0.2) is 92.5 Å². The van der Waals surface area contributed by atoms with Crippen LogP contribution in [0.4, 0.5) is 70.2 Å². The molecule has 0 fully saturated rings. The topological polar surface area (TPSA) is 73.8 Å². The van der Waals surface area contributed by atoms with Crippen molar-refractivity contribution in [1.82, 2.24) is 0 Å². The van der Waals surface area contributed by atoms with Gasteiger partial charge in [0.05, 0.1) is 52.9 Å². The molecule has 0 aliphatic rings. The number of halogens is 16. The predicted octanol–water partition coefficient (Wildman–Crippen LogP) is 29.2. The van der Waals surface area contributed by atoms with E-state index in [1.54, 1.807) is 0 Å². The number of benzene rings is 8. The summed E-state index contributed by atoms with van der Waals surface area (Å²) in [5.74, 6) is -13.6. The van der Waals surface area contributed by atoms with E-state index in [0.29, 0.717) is 97.4 Å². The van der Waals surface area contributed by atoms with Gasteiger partial charge in [-0.05, 0) is 200 Å². The first-order valence-corrected chi connectivity index (χ1v) is 39.9. The van der Waals surface area contributed by atoms with Crippen molar-refractivity contribution >= 4 is 0 Å². The molecule has 8 aromatic rings. The van der Waals surface area contributed by atoms with E-state index in [9.17, 15) is 70.2 Å². The Balaban J connectivity index is 0.000000664. The maximum Gasteiger partial charge on any atom is 0.200 e. The summed E-state index contributed by atoms with van der Waals surface area (Å²) in [5, 5.41) is 0. The van der Waals surface area contributed by atoms with Crippen molar-refractivity contribution in [3.8, 4) is 46.0 Å². The molecule has 0 amide bonds. The summed E-state index contributed by atoms with van der Waals surface area (Å²) in [6.07, 6.45) is 19.6. The molecule has 0 bridgehead atoms. The van der Waals surface area contributed by atoms with Crippen molar-refractivity contribution in [2.24, 2.45) is 0 Å². The Bertz CT molecular complexity index is 3830. The smallest absolute Gasteiger partial charge is 0.200 e. The SMILES string of the molecule is CCCCCCOc1ccc(C)c(F)c1F.CCCCCCOc1ccc(C)c(F)c1F.CCCCCOc1ccc(C)c(F)c1F.CCCCCOc1ccc(C)c(F)c1F.CCCCOc1ccc(C)c(F)c1F.CCCCOc1ccc(C)c(F)c1F.CCCOc1ccc(C)c(F)c1F.CCCOc1ccc(C)c(F)c1F. The largest absolute Gasteiger partial charge is 0.490 e. The summed E-state index contributed by atoms with van der Waals surface area (Å²) in [6, 6.07) is 23.9. The third-order valence-electron chi connectivity index (χ3n) is 16.9. The van der Waals surface area contributed by atoms with Crippen molar-refractivity contribution in [3.63, 3.8) is 0 Å². The van der Waals surface area contributed by atoms with Gasteiger partial charge in [0, 0.05) is 0 Å². The molecular formula is C92H120F16O8. The number of ether oxygens (including phenoxy) is 8. The monoisotopic (exact) mass is 1660 g/mol. The molecule has 8 aromatic carbocycles. The van der Waals surface area contributed by atoms with Gasteiger partial charge < -0.3 is 37.9 Å². The summed E-state index contributed by atoms with van der Waals surface area (Å²) in [4.78, 5) is 0. The van der Waals surface area contributed by atoms with Gasteiger partial charge in [0.2, 0.25) is 46.5 Å². The maximum atomic E-state index is 13.3. The fraction of sp³-hybridized carbons (Fsp3) is 0.478. The lowest BCUT2D eigenvalue weighted by Gasteiger charge is -2.08. The molecule has 0 spiro atoms. The van der Waals surface area contributed by atoms with Crippen LogP contribution in [-0.2, 0) is 0 Å². The van der Waals surface area contributed by atoms with Crippen molar-refractivity contribution in [3.05, 3.63) is 235 Å². The molecule has 8 nitrogen and oxygen atoms in total. The van der Waals surface area contributed by atoms with Gasteiger partial charge in [-0.1, -0.05) is 181 Å². The standard InChI is InChI=1S/2C13H18F2O.2C12H16F2O.2C11H14F2O.2C10H12F2O/c2*1-3-4-5-6-9-16-11-8-7-10(2)12(14)13(11)15;2*1-3-4-5-8-15-10-7-6-9(2)11(13)12(10)14;2*1-3-4-7-14-9-6-5-8(2)10(12)11(9)13;2*1-3-6-13-8-5-4-7(2)9(11)10(8)12/h2*7-8H,3-6,9H2,1-2H3;2*6-7H,3-5,8H2,1-2H3;2*5-6H,3-4,7H2,1-2H3;2*4-5H,3,6H2,1-2H3. The minimum atomic E-state index is -0.895. The van der Waals surface area contributed by atoms with Crippen LogP contribution in [0.15, 0.2) is 97.1 Å². The average Bonchev–Trinajstić information content (AvgIpc) is 0.914. The number of aryl methyl sites for hydroxylation is 8. The third-order valence-corrected chi connectivity index (χ3v) is 16.9. The van der Waals surface area contributed by atoms with Gasteiger partial charge in [-0.25, -0.2) is 35.1 Å². The fourth-order valence-electron chi connectivity index (χ4n) is 9.49. The van der Waals surface area contributed by atoms with Gasteiger partial charge in [-0.3, -0.25) is 0 Å². The molecule has 24 heteroatoms. The van der Waals surface area contributed by atoms with E-state index >= 15 is 0 Å². The molecule has 0 aliphatic carbocycles. The van der Waals surface area contributed by atoms with E-state index in [0.717, 1.165) is 128 Å². The Labute approximate surface area is 677 Å². The first-order chi connectivity index (χ1) is 55.3. The number of unbranched alkanes of at least 4 members (excludes halogenated alkanes) is 12. The Hall–Kier alpha value is -8.96. The lowest BCUT2D eigenvalue weighted by atomic mass is 10.2. The quantitative estimate of drug-likeness (QED) is 0.0284. The van der Waals surface area contributed by atoms with Crippen LogP contribution in [0.5, 0.6) is 46.0 Å². The Morgan fingerprint density at radius 2 is 0.276 bits per heavy atom. The van der Waals surface area contributed by atoms with Crippen molar-refractivity contribution in [2.75, 3.05) is 52.9 Å². The summed E-state index contributed by atoms with van der Waals surface area (Å²) < 4.78 is 251. The highest BCUT2D eigenvalue weighted by Gasteiger charge is 2.19. The molecule has 0 saturated carbocycles. The van der Waals surface area contributed by atoms with Crippen LogP contribution < -0.4 is 37.9 Å². The summed E-state index contributed by atoms with van der Waals surface area (Å²) in [6.45, 7) is 31.8. The lowest BCUT2D eigenvalue weighted by Crippen LogP contribution is -2.01. The van der Waals surface area contributed by atoms with Crippen LogP contribution in [0.1, 0.15) is 228 Å². The van der Waals surface area contributed by atoms with Crippen LogP contribution in [0, 0.1) is 148 Å². The molecule has 0 atom stereocenters. The summed E-state index contributed by atoms with van der Waals surface area (Å²) in [7, 11) is 0. The zero-order chi connectivity index (χ0) is 87.2. The zero-order valence-corrected chi connectivity index (χ0v) is 70.4. The van der Waals surface area contributed by atoms with E-state index in [2.05, 4.69) is 27.7 Å². The van der Waals surface area contributed by atoms with E-state index in [-0.39, 0.29) is 46.0 Å². The normalized spacial score (nSPS) is 10.3. The Morgan fingerprint density at radius 1 is 0.147 bits per heavy atom. The molecule has 0 N–H and O–H groups in total. The van der Waals surface area contributed by atoms with Gasteiger partial charge in [-0.2, -0.15) is 35.1 Å². The first kappa shape index (κ1) is 105. The molecule has 648 valence electrons. The van der Waals surface area contributed by atoms with E-state index in [4.69, 9.17) is 37.9 Å². The number of rotatable bonds is 36. The predicted molar refractivity (Wildman–Crippen MR) is 430 cm³/mol. The minimum Gasteiger partial charge on any atom is -0.490 e. The molecule has 116 heavy (non-hydrogen) atoms. The molecule has 0 radical (unpaired) electrons. The first-order valence-electron chi connectivity index (χ1n) is 39.9. The molecule has 0 aromatic heterocycles. The molecule has 0 saturated heterocycles. The van der Waals surface area contributed by atoms with E-state index in [1.807, 2.05) is 27.7 Å². The molecule has 0 aliphatic heterocycles. The molecule has 8 rings (SSSR count). The number of hydrogen-bond donors (Lipinski definition) is 0. The van der Waals surface area contributed by atoms with Crippen LogP contribution in [-0.4, -0.2) is 52.9 Å². The van der Waals surface area contributed by atoms with Crippen LogP contribution in [0.2, 0.25) is 0 Å². The molecule has 0 heterocycles. The lowest BCUT2D eigenvalue weighted by molar-refractivity contribution is 0.285. The Morgan fingerprint density at radius 3 is 0.422 bits per heavy atom. The van der Waals surface area contributed by atoms with Crippen LogP contribution in [0.3, 0.4) is 0 Å². The third kappa shape index (κ3) is 38.9. The van der Waals surface area contributed by atoms with Gasteiger partial charge >= 0.3 is 0 Å². The minimum absolute atomic E-state index is 0.00144. The zero-order valence-electron chi connectivity index (χ0n) is 70.4. The second-order valence-electron chi connectivity index (χ2n) is 27.1. The van der Waals surface area contributed by atoms with Crippen LogP contribution >= 0.6 is 0 Å². The van der Waals surface area contributed by atoms with Crippen molar-refractivity contribution in [2.45, 2.75) is 239 Å². The highest BCUT2D eigenvalue weighted by molar-refractivity contribution is 5.36. The summed E-state index contributed by atoms with van der Waals surface area (Å²) in [5.41, 5.74) is 2.38. The van der Waals surface area contributed by atoms with E-state index in [1.165, 1.54) is 152 Å². The van der Waals surface area contributed by atoms with E-state index < -0.39 is 93.1 Å². The van der Waals surface area contributed by atoms with Crippen molar-refractivity contribution in [1.29, 1.82) is 0 Å². The average molecular weight is 1660 g/mol. The second kappa shape index (κ2) is 60.5. The second-order valence-corrected chi connectivity index (χ2v) is 27.1. The van der Waals surface area contributed by atoms with Crippen LogP contribution in [0.25, 0.3) is 0 Å². The van der Waals surface area contributed by atoms with Gasteiger partial charge in [0.25, 0.3) is 0 Å². The van der Waals surface area contributed by atoms with Crippen molar-refractivity contribution < 1.29 is 108 Å². The summed E-state index contributed by atoms with van der Waals surface area (Å²) >= 11 is 0. The Kier molecular flexibility index (Phi) is 54.8.